The molecule has 0 aliphatic rings. The number of esters is 2. The highest BCUT2D eigenvalue weighted by molar-refractivity contribution is 7.77. The van der Waals surface area contributed by atoms with Gasteiger partial charge in [0.05, 0.1) is 19.5 Å². The van der Waals surface area contributed by atoms with Gasteiger partial charge in [0.25, 0.3) is 0 Å². The van der Waals surface area contributed by atoms with Crippen molar-refractivity contribution in [3.63, 3.8) is 0 Å². The van der Waals surface area contributed by atoms with Crippen LogP contribution in [0.5, 0.6) is 0 Å². The number of carbonyl (C=O) groups is 2. The van der Waals surface area contributed by atoms with E-state index in [1.54, 1.807) is 0 Å². The molecule has 0 aliphatic heterocycles. The third kappa shape index (κ3) is 4.27. The molecule has 118 valence electrons. The molecule has 2 aromatic rings. The second kappa shape index (κ2) is 8.25. The van der Waals surface area contributed by atoms with Crippen molar-refractivity contribution in [2.75, 3.05) is 14.2 Å². The lowest BCUT2D eigenvalue weighted by molar-refractivity contribution is -0.137. The predicted octanol–water partition coefficient (Wildman–Crippen LogP) is 2.35. The van der Waals surface area contributed by atoms with E-state index in [1.165, 1.54) is 20.3 Å². The van der Waals surface area contributed by atoms with Gasteiger partial charge in [0, 0.05) is 6.08 Å². The molecule has 0 atom stereocenters. The Morgan fingerprint density at radius 3 is 1.70 bits per heavy atom. The van der Waals surface area contributed by atoms with Crippen LogP contribution in [0.4, 0.5) is 0 Å². The third-order valence-corrected chi connectivity index (χ3v) is 5.54. The van der Waals surface area contributed by atoms with Crippen LogP contribution in [0.3, 0.4) is 0 Å². The van der Waals surface area contributed by atoms with Crippen molar-refractivity contribution in [1.29, 1.82) is 0 Å². The van der Waals surface area contributed by atoms with Gasteiger partial charge in [-0.1, -0.05) is 60.7 Å². The summed E-state index contributed by atoms with van der Waals surface area (Å²) in [6.07, 6.45) is 1.22. The molecule has 0 aliphatic carbocycles. The maximum Gasteiger partial charge on any atom is 0.339 e. The first-order valence-electron chi connectivity index (χ1n) is 6.95. The number of rotatable bonds is 5. The fraction of sp³-hybridized carbons (Fsp3) is 0.111. The predicted molar refractivity (Wildman–Crippen MR) is 91.2 cm³/mol. The summed E-state index contributed by atoms with van der Waals surface area (Å²) in [4.78, 5) is 24.0. The molecule has 0 radical (unpaired) electrons. The summed E-state index contributed by atoms with van der Waals surface area (Å²) in [7, 11) is 1.37. The average molecular weight is 328 g/mol. The molecule has 0 spiro atoms. The second-order valence-corrected chi connectivity index (χ2v) is 6.74. The molecule has 0 heterocycles. The molecule has 4 nitrogen and oxygen atoms in total. The van der Waals surface area contributed by atoms with E-state index in [1.807, 2.05) is 60.7 Å². The van der Waals surface area contributed by atoms with Crippen LogP contribution in [0.2, 0.25) is 0 Å². The molecule has 0 fully saturated rings. The van der Waals surface area contributed by atoms with E-state index in [9.17, 15) is 9.59 Å². The summed E-state index contributed by atoms with van der Waals surface area (Å²) in [5.41, 5.74) is 0. The number of hydrogen-bond acceptors (Lipinski definition) is 4. The molecule has 2 aromatic carbocycles. The van der Waals surface area contributed by atoms with Crippen LogP contribution < -0.4 is 10.6 Å². The summed E-state index contributed by atoms with van der Waals surface area (Å²) in [6, 6.07) is 19.2. The van der Waals surface area contributed by atoms with E-state index in [0.29, 0.717) is 5.31 Å². The summed E-state index contributed by atoms with van der Waals surface area (Å²) >= 11 is 0. The Morgan fingerprint density at radius 2 is 1.30 bits per heavy atom. The molecule has 0 bridgehead atoms. The highest BCUT2D eigenvalue weighted by Crippen LogP contribution is 2.43. The Bertz CT molecular complexity index is 656. The highest BCUT2D eigenvalue weighted by atomic mass is 31.1. The van der Waals surface area contributed by atoms with Gasteiger partial charge in [0.2, 0.25) is 0 Å². The quantitative estimate of drug-likeness (QED) is 0.480. The molecule has 0 N–H and O–H groups in total. The molecule has 0 saturated carbocycles. The van der Waals surface area contributed by atoms with Gasteiger partial charge in [-0.05, 0) is 18.5 Å². The van der Waals surface area contributed by atoms with E-state index in [0.717, 1.165) is 10.6 Å². The van der Waals surface area contributed by atoms with Gasteiger partial charge in [0.1, 0.15) is 0 Å². The van der Waals surface area contributed by atoms with Crippen molar-refractivity contribution in [3.8, 4) is 0 Å². The number of ether oxygens (including phenoxy) is 2. The zero-order chi connectivity index (χ0) is 16.7. The van der Waals surface area contributed by atoms with Crippen molar-refractivity contribution in [2.45, 2.75) is 0 Å². The highest BCUT2D eigenvalue weighted by Gasteiger charge is 2.26. The van der Waals surface area contributed by atoms with Gasteiger partial charge in [-0.15, -0.1) is 0 Å². The number of carbonyl (C=O) groups excluding carboxylic acids is 2. The molecule has 0 aromatic heterocycles. The molecule has 0 saturated heterocycles. The molecular weight excluding hydrogens is 311 g/mol. The zero-order valence-electron chi connectivity index (χ0n) is 12.9. The first-order chi connectivity index (χ1) is 11.2. The third-order valence-electron chi connectivity index (χ3n) is 3.12. The smallest absolute Gasteiger partial charge is 0.339 e. The monoisotopic (exact) mass is 328 g/mol. The molecule has 0 amide bonds. The Morgan fingerprint density at radius 1 is 0.826 bits per heavy atom. The standard InChI is InChI=1S/C18H17O4P/c1-21-17(19)13-16(18(20)22-2)23(14-9-5-3-6-10-14)15-11-7-4-8-12-15/h3-13H,1-2H3/b16-13+. The number of hydrogen-bond donors (Lipinski definition) is 0. The Balaban J connectivity index is 2.61. The fourth-order valence-corrected chi connectivity index (χ4v) is 4.37. The van der Waals surface area contributed by atoms with E-state index in [-0.39, 0.29) is 0 Å². The Hall–Kier alpha value is -2.45. The normalized spacial score (nSPS) is 11.2. The summed E-state index contributed by atoms with van der Waals surface area (Å²) in [5.74, 6) is -1.11. The van der Waals surface area contributed by atoms with Crippen LogP contribution in [-0.4, -0.2) is 26.2 Å². The van der Waals surface area contributed by atoms with Crippen LogP contribution in [0, 0.1) is 0 Å². The van der Waals surface area contributed by atoms with Crippen LogP contribution in [0.25, 0.3) is 0 Å². The van der Waals surface area contributed by atoms with Crippen molar-refractivity contribution >= 4 is 30.5 Å². The van der Waals surface area contributed by atoms with Crippen molar-refractivity contribution in [1.82, 2.24) is 0 Å². The van der Waals surface area contributed by atoms with Crippen molar-refractivity contribution < 1.29 is 19.1 Å². The van der Waals surface area contributed by atoms with Crippen molar-refractivity contribution in [3.05, 3.63) is 72.1 Å². The van der Waals surface area contributed by atoms with E-state index >= 15 is 0 Å². The van der Waals surface area contributed by atoms with Crippen molar-refractivity contribution in [2.24, 2.45) is 0 Å². The molecule has 23 heavy (non-hydrogen) atoms. The summed E-state index contributed by atoms with van der Waals surface area (Å²) in [6.45, 7) is 0. The first-order valence-corrected chi connectivity index (χ1v) is 8.29. The van der Waals surface area contributed by atoms with E-state index in [4.69, 9.17) is 4.74 Å². The largest absolute Gasteiger partial charge is 0.466 e. The first kappa shape index (κ1) is 16.9. The number of methoxy groups -OCH3 is 2. The molecule has 0 unspecified atom stereocenters. The lowest BCUT2D eigenvalue weighted by Crippen LogP contribution is -2.19. The molecule has 5 heteroatoms. The lowest BCUT2D eigenvalue weighted by atomic mass is 10.4. The topological polar surface area (TPSA) is 52.6 Å². The Labute approximate surface area is 136 Å². The zero-order valence-corrected chi connectivity index (χ0v) is 13.8. The average Bonchev–Trinajstić information content (AvgIpc) is 2.62. The van der Waals surface area contributed by atoms with Gasteiger partial charge in [-0.2, -0.15) is 0 Å². The number of benzene rings is 2. The maximum absolute atomic E-state index is 12.3. The summed E-state index contributed by atoms with van der Waals surface area (Å²) < 4.78 is 9.57. The van der Waals surface area contributed by atoms with Gasteiger partial charge >= 0.3 is 11.9 Å². The minimum Gasteiger partial charge on any atom is -0.466 e. The van der Waals surface area contributed by atoms with Gasteiger partial charge in [-0.25, -0.2) is 9.59 Å². The minimum atomic E-state index is -1.21. The van der Waals surface area contributed by atoms with Gasteiger partial charge in [-0.3, -0.25) is 0 Å². The minimum absolute atomic E-state index is 0.298. The molecule has 2 rings (SSSR count). The van der Waals surface area contributed by atoms with Crippen LogP contribution in [0.1, 0.15) is 0 Å². The Kier molecular flexibility index (Phi) is 6.07. The summed E-state index contributed by atoms with van der Waals surface area (Å²) in [5, 5.41) is 2.20. The van der Waals surface area contributed by atoms with Crippen LogP contribution in [0.15, 0.2) is 72.1 Å². The SMILES string of the molecule is COC(=O)/C=C(\C(=O)OC)P(c1ccccc1)c1ccccc1. The van der Waals surface area contributed by atoms with Gasteiger partial charge < -0.3 is 9.47 Å². The van der Waals surface area contributed by atoms with Crippen LogP contribution >= 0.6 is 7.92 Å². The van der Waals surface area contributed by atoms with Gasteiger partial charge in [0.15, 0.2) is 0 Å². The fourth-order valence-electron chi connectivity index (χ4n) is 2.07. The maximum atomic E-state index is 12.3. The van der Waals surface area contributed by atoms with E-state index < -0.39 is 19.9 Å². The lowest BCUT2D eigenvalue weighted by Gasteiger charge is -2.20. The van der Waals surface area contributed by atoms with Crippen LogP contribution in [-0.2, 0) is 19.1 Å². The van der Waals surface area contributed by atoms with E-state index in [2.05, 4.69) is 4.74 Å². The second-order valence-electron chi connectivity index (χ2n) is 4.55. The molecular formula is C18H17O4P.